The second-order valence-electron chi connectivity index (χ2n) is 6.04. The lowest BCUT2D eigenvalue weighted by Crippen LogP contribution is -2.20. The van der Waals surface area contributed by atoms with Gasteiger partial charge in [0.1, 0.15) is 11.9 Å². The molecule has 0 radical (unpaired) electrons. The number of non-ortho nitro benzene ring substituents is 1. The molecule has 0 aliphatic rings. The van der Waals surface area contributed by atoms with Crippen molar-refractivity contribution in [1.82, 2.24) is 4.98 Å². The quantitative estimate of drug-likeness (QED) is 0.688. The Morgan fingerprint density at radius 2 is 2.10 bits per heavy atom. The van der Waals surface area contributed by atoms with E-state index in [1.165, 1.54) is 12.1 Å². The van der Waals surface area contributed by atoms with E-state index in [0.29, 0.717) is 28.8 Å². The van der Waals surface area contributed by atoms with E-state index >= 15 is 0 Å². The van der Waals surface area contributed by atoms with Crippen LogP contribution in [0.5, 0.6) is 0 Å². The normalized spacial score (nSPS) is 11.1. The lowest BCUT2D eigenvalue weighted by atomic mass is 9.97. The summed E-state index contributed by atoms with van der Waals surface area (Å²) in [5, 5.41) is 23.8. The zero-order valence-corrected chi connectivity index (χ0v) is 12.2. The molecule has 0 saturated carbocycles. The smallest absolute Gasteiger partial charge is 0.270 e. The molecule has 1 heterocycles. The van der Waals surface area contributed by atoms with Gasteiger partial charge in [-0.05, 0) is 17.5 Å². The van der Waals surface area contributed by atoms with Gasteiger partial charge in [0.25, 0.3) is 5.69 Å². The molecule has 0 saturated heterocycles. The average Bonchev–Trinajstić information content (AvgIpc) is 2.42. The van der Waals surface area contributed by atoms with Crippen molar-refractivity contribution in [2.45, 2.75) is 20.8 Å². The number of benzene rings is 1. The largest absolute Gasteiger partial charge is 0.368 e. The number of nitro groups is 1. The van der Waals surface area contributed by atoms with Crippen LogP contribution in [0.25, 0.3) is 10.9 Å². The van der Waals surface area contributed by atoms with Gasteiger partial charge in [-0.1, -0.05) is 20.8 Å². The van der Waals surface area contributed by atoms with Crippen molar-refractivity contribution in [3.8, 4) is 6.07 Å². The Bertz CT molecular complexity index is 742. The summed E-state index contributed by atoms with van der Waals surface area (Å²) in [6.45, 7) is 6.91. The molecule has 0 bridgehead atoms. The van der Waals surface area contributed by atoms with Crippen molar-refractivity contribution in [3.05, 3.63) is 39.9 Å². The van der Waals surface area contributed by atoms with Crippen molar-refractivity contribution < 1.29 is 4.92 Å². The number of rotatable bonds is 3. The molecule has 0 amide bonds. The third-order valence-electron chi connectivity index (χ3n) is 2.92. The highest BCUT2D eigenvalue weighted by atomic mass is 16.6. The maximum Gasteiger partial charge on any atom is 0.270 e. The number of hydrogen-bond acceptors (Lipinski definition) is 5. The van der Waals surface area contributed by atoms with Gasteiger partial charge in [0.2, 0.25) is 0 Å². The van der Waals surface area contributed by atoms with Crippen molar-refractivity contribution in [3.63, 3.8) is 0 Å². The standard InChI is InChI=1S/C15H16N4O2/c1-15(2,3)9-17-14-11(8-16)6-10-7-12(19(20)21)4-5-13(10)18-14/h4-7H,9H2,1-3H3,(H,17,18). The first-order valence-electron chi connectivity index (χ1n) is 6.53. The van der Waals surface area contributed by atoms with Crippen LogP contribution in [0.2, 0.25) is 0 Å². The second kappa shape index (κ2) is 5.37. The van der Waals surface area contributed by atoms with Crippen molar-refractivity contribution >= 4 is 22.4 Å². The first kappa shape index (κ1) is 14.7. The number of nitrogens with one attached hydrogen (secondary N) is 1. The van der Waals surface area contributed by atoms with Crippen LogP contribution >= 0.6 is 0 Å². The minimum absolute atomic E-state index is 0.0106. The van der Waals surface area contributed by atoms with Crippen molar-refractivity contribution in [2.24, 2.45) is 5.41 Å². The zero-order valence-electron chi connectivity index (χ0n) is 12.2. The summed E-state index contributed by atoms with van der Waals surface area (Å²) in [6, 6.07) is 8.14. The highest BCUT2D eigenvalue weighted by molar-refractivity contribution is 5.84. The number of nitriles is 1. The number of nitrogens with zero attached hydrogens (tertiary/aromatic N) is 3. The highest BCUT2D eigenvalue weighted by Gasteiger charge is 2.14. The van der Waals surface area contributed by atoms with Crippen molar-refractivity contribution in [1.29, 1.82) is 5.26 Å². The molecule has 1 N–H and O–H groups in total. The molecule has 1 aromatic heterocycles. The van der Waals surface area contributed by atoms with E-state index < -0.39 is 4.92 Å². The fourth-order valence-electron chi connectivity index (χ4n) is 1.85. The Morgan fingerprint density at radius 1 is 1.38 bits per heavy atom. The molecule has 0 fully saturated rings. The van der Waals surface area contributed by atoms with Gasteiger partial charge in [-0.25, -0.2) is 4.98 Å². The lowest BCUT2D eigenvalue weighted by molar-refractivity contribution is -0.384. The molecule has 1 aromatic carbocycles. The molecule has 0 spiro atoms. The minimum Gasteiger partial charge on any atom is -0.368 e. The molecular formula is C15H16N4O2. The topological polar surface area (TPSA) is 91.8 Å². The number of aromatic nitrogens is 1. The van der Waals surface area contributed by atoms with Gasteiger partial charge < -0.3 is 5.32 Å². The molecule has 108 valence electrons. The first-order chi connectivity index (χ1) is 9.80. The van der Waals surface area contributed by atoms with Gasteiger partial charge >= 0.3 is 0 Å². The maximum absolute atomic E-state index is 10.8. The van der Waals surface area contributed by atoms with Crippen LogP contribution in [-0.4, -0.2) is 16.5 Å². The molecule has 0 aliphatic heterocycles. The monoisotopic (exact) mass is 284 g/mol. The van der Waals surface area contributed by atoms with E-state index in [0.717, 1.165) is 0 Å². The SMILES string of the molecule is CC(C)(C)CNc1nc2ccc([N+](=O)[O-])cc2cc1C#N. The maximum atomic E-state index is 10.8. The summed E-state index contributed by atoms with van der Waals surface area (Å²) in [7, 11) is 0. The molecule has 6 heteroatoms. The summed E-state index contributed by atoms with van der Waals surface area (Å²) in [5.74, 6) is 0.508. The number of nitro benzene ring substituents is 1. The summed E-state index contributed by atoms with van der Waals surface area (Å²) >= 11 is 0. The van der Waals surface area contributed by atoms with Crippen LogP contribution in [0.4, 0.5) is 11.5 Å². The van der Waals surface area contributed by atoms with E-state index in [4.69, 9.17) is 0 Å². The fraction of sp³-hybridized carbons (Fsp3) is 0.333. The highest BCUT2D eigenvalue weighted by Crippen LogP contribution is 2.25. The molecule has 0 atom stereocenters. The summed E-state index contributed by atoms with van der Waals surface area (Å²) < 4.78 is 0. The third kappa shape index (κ3) is 3.45. The molecule has 6 nitrogen and oxygen atoms in total. The van der Waals surface area contributed by atoms with Crippen LogP contribution < -0.4 is 5.32 Å². The van der Waals surface area contributed by atoms with E-state index in [-0.39, 0.29) is 11.1 Å². The fourth-order valence-corrected chi connectivity index (χ4v) is 1.85. The molecule has 2 rings (SSSR count). The van der Waals surface area contributed by atoms with Crippen LogP contribution in [0.15, 0.2) is 24.3 Å². The molecule has 2 aromatic rings. The Labute approximate surface area is 122 Å². The van der Waals surface area contributed by atoms with Gasteiger partial charge in [-0.3, -0.25) is 10.1 Å². The van der Waals surface area contributed by atoms with Gasteiger partial charge in [0.15, 0.2) is 0 Å². The van der Waals surface area contributed by atoms with Gasteiger partial charge in [0.05, 0.1) is 16.0 Å². The van der Waals surface area contributed by atoms with Crippen LogP contribution in [0.1, 0.15) is 26.3 Å². The predicted octanol–water partition coefficient (Wildman–Crippen LogP) is 3.47. The summed E-state index contributed by atoms with van der Waals surface area (Å²) in [6.07, 6.45) is 0. The Balaban J connectivity index is 2.46. The van der Waals surface area contributed by atoms with Crippen LogP contribution in [0.3, 0.4) is 0 Å². The van der Waals surface area contributed by atoms with Gasteiger partial charge in [-0.15, -0.1) is 0 Å². The van der Waals surface area contributed by atoms with E-state index in [1.54, 1.807) is 12.1 Å². The molecular weight excluding hydrogens is 268 g/mol. The third-order valence-corrected chi connectivity index (χ3v) is 2.92. The number of hydrogen-bond donors (Lipinski definition) is 1. The zero-order chi connectivity index (χ0) is 15.6. The number of anilines is 1. The Morgan fingerprint density at radius 3 is 2.67 bits per heavy atom. The second-order valence-corrected chi connectivity index (χ2v) is 6.04. The molecule has 21 heavy (non-hydrogen) atoms. The predicted molar refractivity (Wildman–Crippen MR) is 81.1 cm³/mol. The van der Waals surface area contributed by atoms with E-state index in [1.807, 2.05) is 0 Å². The molecule has 0 unspecified atom stereocenters. The van der Waals surface area contributed by atoms with Crippen LogP contribution in [-0.2, 0) is 0 Å². The lowest BCUT2D eigenvalue weighted by Gasteiger charge is -2.19. The van der Waals surface area contributed by atoms with Gasteiger partial charge in [0, 0.05) is 24.1 Å². The Hall–Kier alpha value is -2.68. The number of fused-ring (bicyclic) bond motifs is 1. The minimum atomic E-state index is -0.461. The first-order valence-corrected chi connectivity index (χ1v) is 6.53. The summed E-state index contributed by atoms with van der Waals surface area (Å²) in [4.78, 5) is 14.7. The number of pyridine rings is 1. The van der Waals surface area contributed by atoms with E-state index in [2.05, 4.69) is 37.1 Å². The molecule has 0 aliphatic carbocycles. The van der Waals surface area contributed by atoms with Crippen LogP contribution in [0, 0.1) is 26.9 Å². The van der Waals surface area contributed by atoms with Gasteiger partial charge in [-0.2, -0.15) is 5.26 Å². The Kier molecular flexibility index (Phi) is 3.76. The summed E-state index contributed by atoms with van der Waals surface area (Å²) in [5.41, 5.74) is 1.05. The average molecular weight is 284 g/mol. The van der Waals surface area contributed by atoms with Crippen molar-refractivity contribution in [2.75, 3.05) is 11.9 Å². The van der Waals surface area contributed by atoms with E-state index in [9.17, 15) is 15.4 Å².